The van der Waals surface area contributed by atoms with E-state index in [2.05, 4.69) is 21.6 Å². The topological polar surface area (TPSA) is 129 Å². The van der Waals surface area contributed by atoms with Crippen molar-refractivity contribution >= 4 is 16.8 Å². The second-order valence-electron chi connectivity index (χ2n) is 8.28. The van der Waals surface area contributed by atoms with Crippen LogP contribution in [0.1, 0.15) is 19.4 Å². The SMILES string of the molecule is COc1cc(-c2n[nH]c3ccc(C[C@@H](C#N)C(=O)NC(C)(C)CO)cc23)cc(OC)c1OC. The Bertz CT molecular complexity index is 1170. The van der Waals surface area contributed by atoms with Gasteiger partial charge in [-0.2, -0.15) is 10.4 Å². The van der Waals surface area contributed by atoms with Gasteiger partial charge in [-0.25, -0.2) is 0 Å². The molecule has 9 heteroatoms. The van der Waals surface area contributed by atoms with Gasteiger partial charge in [0.05, 0.1) is 45.1 Å². The zero-order valence-corrected chi connectivity index (χ0v) is 19.4. The van der Waals surface area contributed by atoms with Gasteiger partial charge < -0.3 is 24.6 Å². The van der Waals surface area contributed by atoms with E-state index < -0.39 is 17.4 Å². The number of hydrogen-bond donors (Lipinski definition) is 3. The molecule has 33 heavy (non-hydrogen) atoms. The van der Waals surface area contributed by atoms with Crippen LogP contribution in [0.15, 0.2) is 30.3 Å². The lowest BCUT2D eigenvalue weighted by Gasteiger charge is -2.24. The zero-order valence-electron chi connectivity index (χ0n) is 19.4. The van der Waals surface area contributed by atoms with Crippen molar-refractivity contribution in [3.05, 3.63) is 35.9 Å². The highest BCUT2D eigenvalue weighted by molar-refractivity contribution is 5.94. The molecule has 0 radical (unpaired) electrons. The van der Waals surface area contributed by atoms with Gasteiger partial charge in [-0.05, 0) is 50.1 Å². The number of nitrogens with zero attached hydrogens (tertiary/aromatic N) is 2. The van der Waals surface area contributed by atoms with Crippen molar-refractivity contribution in [2.45, 2.75) is 25.8 Å². The zero-order chi connectivity index (χ0) is 24.2. The molecule has 3 rings (SSSR count). The van der Waals surface area contributed by atoms with Crippen molar-refractivity contribution < 1.29 is 24.1 Å². The standard InChI is InChI=1S/C24H28N4O5/c1-24(2,13-29)26-23(30)16(12-25)8-14-6-7-18-17(9-14)21(28-27-18)15-10-19(31-3)22(33-5)20(11-15)32-4/h6-7,9-11,16,29H,8,13H2,1-5H3,(H,26,30)(H,27,28)/t16-/m0/s1. The number of nitrogens with one attached hydrogen (secondary N) is 2. The first kappa shape index (κ1) is 23.9. The van der Waals surface area contributed by atoms with Gasteiger partial charge in [-0.3, -0.25) is 9.89 Å². The third-order valence-electron chi connectivity index (χ3n) is 5.33. The number of hydrogen-bond acceptors (Lipinski definition) is 7. The molecule has 2 aromatic carbocycles. The highest BCUT2D eigenvalue weighted by Gasteiger charge is 2.26. The van der Waals surface area contributed by atoms with Crippen LogP contribution < -0.4 is 19.5 Å². The molecule has 1 aromatic heterocycles. The van der Waals surface area contributed by atoms with Crippen molar-refractivity contribution in [3.8, 4) is 34.6 Å². The molecule has 0 unspecified atom stereocenters. The first-order chi connectivity index (χ1) is 15.8. The van der Waals surface area contributed by atoms with Crippen LogP contribution in [0.4, 0.5) is 0 Å². The number of carbonyl (C=O) groups is 1. The molecule has 0 saturated heterocycles. The number of aliphatic hydroxyl groups is 1. The summed E-state index contributed by atoms with van der Waals surface area (Å²) in [6.45, 7) is 3.16. The number of aromatic nitrogens is 2. The van der Waals surface area contributed by atoms with E-state index in [0.29, 0.717) is 22.9 Å². The van der Waals surface area contributed by atoms with Gasteiger partial charge in [0.2, 0.25) is 11.7 Å². The number of nitriles is 1. The smallest absolute Gasteiger partial charge is 0.238 e. The van der Waals surface area contributed by atoms with Crippen LogP contribution in [0, 0.1) is 17.2 Å². The summed E-state index contributed by atoms with van der Waals surface area (Å²) in [5, 5.41) is 30.0. The molecule has 174 valence electrons. The number of amides is 1. The number of methoxy groups -OCH3 is 3. The van der Waals surface area contributed by atoms with Crippen molar-refractivity contribution in [2.75, 3.05) is 27.9 Å². The molecule has 0 aliphatic rings. The van der Waals surface area contributed by atoms with Gasteiger partial charge in [0, 0.05) is 10.9 Å². The lowest BCUT2D eigenvalue weighted by Crippen LogP contribution is -2.48. The molecule has 0 saturated carbocycles. The van der Waals surface area contributed by atoms with Crippen LogP contribution in [0.3, 0.4) is 0 Å². The first-order valence-electron chi connectivity index (χ1n) is 10.4. The molecule has 0 aliphatic heterocycles. The van der Waals surface area contributed by atoms with E-state index in [9.17, 15) is 15.2 Å². The second kappa shape index (κ2) is 9.79. The Morgan fingerprint density at radius 3 is 2.39 bits per heavy atom. The number of H-pyrrole nitrogens is 1. The summed E-state index contributed by atoms with van der Waals surface area (Å²) in [6, 6.07) is 11.3. The summed E-state index contributed by atoms with van der Waals surface area (Å²) in [4.78, 5) is 12.6. The summed E-state index contributed by atoms with van der Waals surface area (Å²) in [5.41, 5.74) is 2.24. The van der Waals surface area contributed by atoms with Crippen molar-refractivity contribution in [3.63, 3.8) is 0 Å². The minimum atomic E-state index is -0.898. The summed E-state index contributed by atoms with van der Waals surface area (Å²) >= 11 is 0. The maximum atomic E-state index is 12.6. The molecular formula is C24H28N4O5. The monoisotopic (exact) mass is 452 g/mol. The third kappa shape index (κ3) is 5.02. The molecule has 0 spiro atoms. The van der Waals surface area contributed by atoms with E-state index in [1.807, 2.05) is 30.3 Å². The van der Waals surface area contributed by atoms with E-state index in [0.717, 1.165) is 22.0 Å². The minimum Gasteiger partial charge on any atom is -0.493 e. The summed E-state index contributed by atoms with van der Waals surface area (Å²) in [7, 11) is 4.64. The largest absolute Gasteiger partial charge is 0.493 e. The highest BCUT2D eigenvalue weighted by atomic mass is 16.5. The van der Waals surface area contributed by atoms with Gasteiger partial charge in [-0.15, -0.1) is 0 Å². The molecule has 1 heterocycles. The van der Waals surface area contributed by atoms with Gasteiger partial charge >= 0.3 is 0 Å². The van der Waals surface area contributed by atoms with Gasteiger partial charge in [-0.1, -0.05) is 6.07 Å². The molecule has 0 aliphatic carbocycles. The fourth-order valence-electron chi connectivity index (χ4n) is 3.52. The number of ether oxygens (including phenoxy) is 3. The molecular weight excluding hydrogens is 424 g/mol. The number of carbonyl (C=O) groups excluding carboxylic acids is 1. The maximum Gasteiger partial charge on any atom is 0.238 e. The van der Waals surface area contributed by atoms with E-state index in [-0.39, 0.29) is 13.0 Å². The Morgan fingerprint density at radius 1 is 1.18 bits per heavy atom. The maximum absolute atomic E-state index is 12.6. The fraction of sp³-hybridized carbons (Fsp3) is 0.375. The summed E-state index contributed by atoms with van der Waals surface area (Å²) in [6.07, 6.45) is 0.222. The first-order valence-corrected chi connectivity index (χ1v) is 10.4. The van der Waals surface area contributed by atoms with Gasteiger partial charge in [0.15, 0.2) is 11.5 Å². The highest BCUT2D eigenvalue weighted by Crippen LogP contribution is 2.42. The quantitative estimate of drug-likeness (QED) is 0.455. The van der Waals surface area contributed by atoms with Crippen LogP contribution in [-0.2, 0) is 11.2 Å². The molecule has 1 amide bonds. The number of aromatic amines is 1. The van der Waals surface area contributed by atoms with Gasteiger partial charge in [0.25, 0.3) is 0 Å². The Labute approximate surface area is 192 Å². The Kier molecular flexibility index (Phi) is 7.09. The predicted octanol–water partition coefficient (Wildman–Crippen LogP) is 2.83. The van der Waals surface area contributed by atoms with Gasteiger partial charge in [0.1, 0.15) is 11.6 Å². The molecule has 9 nitrogen and oxygen atoms in total. The fourth-order valence-corrected chi connectivity index (χ4v) is 3.52. The normalized spacial score (nSPS) is 12.2. The molecule has 0 fully saturated rings. The van der Waals surface area contributed by atoms with E-state index in [4.69, 9.17) is 14.2 Å². The Morgan fingerprint density at radius 2 is 1.85 bits per heavy atom. The average Bonchev–Trinajstić information content (AvgIpc) is 3.24. The van der Waals surface area contributed by atoms with E-state index >= 15 is 0 Å². The van der Waals surface area contributed by atoms with Crippen molar-refractivity contribution in [1.82, 2.24) is 15.5 Å². The number of rotatable bonds is 9. The Balaban J connectivity index is 1.97. The number of benzene rings is 2. The molecule has 0 bridgehead atoms. The minimum absolute atomic E-state index is 0.222. The molecule has 3 aromatic rings. The van der Waals surface area contributed by atoms with E-state index in [1.165, 1.54) is 0 Å². The van der Waals surface area contributed by atoms with Crippen LogP contribution in [-0.4, -0.2) is 54.7 Å². The Hall–Kier alpha value is -3.77. The number of aliphatic hydroxyl groups excluding tert-OH is 1. The lowest BCUT2D eigenvalue weighted by molar-refractivity contribution is -0.125. The van der Waals surface area contributed by atoms with Crippen LogP contribution >= 0.6 is 0 Å². The van der Waals surface area contributed by atoms with E-state index in [1.54, 1.807) is 35.2 Å². The second-order valence-corrected chi connectivity index (χ2v) is 8.28. The van der Waals surface area contributed by atoms with Crippen molar-refractivity contribution in [2.24, 2.45) is 5.92 Å². The average molecular weight is 453 g/mol. The lowest BCUT2D eigenvalue weighted by atomic mass is 9.96. The molecule has 1 atom stereocenters. The van der Waals surface area contributed by atoms with Crippen molar-refractivity contribution in [1.29, 1.82) is 5.26 Å². The summed E-state index contributed by atoms with van der Waals surface area (Å²) < 4.78 is 16.3. The number of fused-ring (bicyclic) bond motifs is 1. The summed E-state index contributed by atoms with van der Waals surface area (Å²) in [5.74, 6) is 0.176. The molecule has 3 N–H and O–H groups in total. The van der Waals surface area contributed by atoms with Crippen LogP contribution in [0.2, 0.25) is 0 Å². The predicted molar refractivity (Wildman–Crippen MR) is 123 cm³/mol. The third-order valence-corrected chi connectivity index (χ3v) is 5.33. The van der Waals surface area contributed by atoms with Crippen LogP contribution in [0.25, 0.3) is 22.2 Å². The van der Waals surface area contributed by atoms with Crippen LogP contribution in [0.5, 0.6) is 17.2 Å².